The lowest BCUT2D eigenvalue weighted by Crippen LogP contribution is -2.32. The molecule has 2 aromatic heterocycles. The third-order valence-electron chi connectivity index (χ3n) is 3.86. The SMILES string of the molecule is CC(C)c1nc(CN(C)C(=O)Cn2c(=O)[nH]c3ccccc32)cs1. The summed E-state index contributed by atoms with van der Waals surface area (Å²) in [5, 5.41) is 3.05. The van der Waals surface area contributed by atoms with Crippen molar-refractivity contribution in [1.82, 2.24) is 19.4 Å². The third-order valence-corrected chi connectivity index (χ3v) is 5.06. The molecule has 0 saturated carbocycles. The van der Waals surface area contributed by atoms with Crippen LogP contribution in [-0.2, 0) is 17.9 Å². The third kappa shape index (κ3) is 3.26. The molecule has 0 aliphatic heterocycles. The second-order valence-electron chi connectivity index (χ2n) is 6.12. The minimum absolute atomic E-state index is 0.0144. The zero-order valence-corrected chi connectivity index (χ0v) is 14.8. The van der Waals surface area contributed by atoms with Crippen molar-refractivity contribution in [1.29, 1.82) is 0 Å². The van der Waals surface area contributed by atoms with Crippen LogP contribution in [0.15, 0.2) is 34.4 Å². The first kappa shape index (κ1) is 16.4. The van der Waals surface area contributed by atoms with Gasteiger partial charge in [0.05, 0.1) is 28.3 Å². The predicted octanol–water partition coefficient (Wildman–Crippen LogP) is 2.57. The summed E-state index contributed by atoms with van der Waals surface area (Å²) in [7, 11) is 1.73. The first-order valence-corrected chi connectivity index (χ1v) is 8.69. The number of hydrogen-bond acceptors (Lipinski definition) is 4. The maximum atomic E-state index is 12.5. The number of imidazole rings is 1. The number of para-hydroxylation sites is 2. The number of carbonyl (C=O) groups excluding carboxylic acids is 1. The molecule has 7 heteroatoms. The number of hydrogen-bond donors (Lipinski definition) is 1. The van der Waals surface area contributed by atoms with Gasteiger partial charge in [0.2, 0.25) is 5.91 Å². The average Bonchev–Trinajstić information content (AvgIpc) is 3.13. The van der Waals surface area contributed by atoms with Crippen molar-refractivity contribution >= 4 is 28.3 Å². The molecule has 0 radical (unpaired) electrons. The number of nitrogens with zero attached hydrogens (tertiary/aromatic N) is 3. The Morgan fingerprint density at radius 3 is 2.83 bits per heavy atom. The Bertz CT molecular complexity index is 922. The summed E-state index contributed by atoms with van der Waals surface area (Å²) in [5.41, 5.74) is 2.08. The monoisotopic (exact) mass is 344 g/mol. The quantitative estimate of drug-likeness (QED) is 0.773. The molecule has 3 rings (SSSR count). The Labute approximate surface area is 143 Å². The van der Waals surface area contributed by atoms with Gasteiger partial charge in [0.1, 0.15) is 6.54 Å². The highest BCUT2D eigenvalue weighted by molar-refractivity contribution is 7.09. The number of carbonyl (C=O) groups is 1. The van der Waals surface area contributed by atoms with Crippen LogP contribution in [-0.4, -0.2) is 32.4 Å². The summed E-state index contributed by atoms with van der Waals surface area (Å²) < 4.78 is 1.47. The van der Waals surface area contributed by atoms with Crippen LogP contribution in [0.1, 0.15) is 30.5 Å². The van der Waals surface area contributed by atoms with E-state index in [1.54, 1.807) is 23.3 Å². The molecule has 24 heavy (non-hydrogen) atoms. The molecule has 2 heterocycles. The Hall–Kier alpha value is -2.41. The lowest BCUT2D eigenvalue weighted by Gasteiger charge is -2.16. The maximum absolute atomic E-state index is 12.5. The summed E-state index contributed by atoms with van der Waals surface area (Å²) in [4.78, 5) is 33.5. The van der Waals surface area contributed by atoms with E-state index < -0.39 is 0 Å². The Balaban J connectivity index is 1.73. The number of aromatic amines is 1. The second kappa shape index (κ2) is 6.60. The molecule has 0 aliphatic rings. The molecule has 1 N–H and O–H groups in total. The molecule has 6 nitrogen and oxygen atoms in total. The number of likely N-dealkylation sites (N-methyl/N-ethyl adjacent to an activating group) is 1. The van der Waals surface area contributed by atoms with E-state index in [1.807, 2.05) is 29.6 Å². The minimum Gasteiger partial charge on any atom is -0.338 e. The molecule has 1 amide bonds. The van der Waals surface area contributed by atoms with Crippen LogP contribution in [0.4, 0.5) is 0 Å². The van der Waals surface area contributed by atoms with Gasteiger partial charge in [0.25, 0.3) is 0 Å². The van der Waals surface area contributed by atoms with E-state index in [0.29, 0.717) is 12.5 Å². The summed E-state index contributed by atoms with van der Waals surface area (Å²) in [6.45, 7) is 4.65. The zero-order chi connectivity index (χ0) is 17.3. The van der Waals surface area contributed by atoms with E-state index in [0.717, 1.165) is 21.7 Å². The summed E-state index contributed by atoms with van der Waals surface area (Å²) in [6, 6.07) is 7.36. The van der Waals surface area contributed by atoms with Gasteiger partial charge in [-0.15, -0.1) is 11.3 Å². The fraction of sp³-hybridized carbons (Fsp3) is 0.353. The van der Waals surface area contributed by atoms with Crippen molar-refractivity contribution in [3.63, 3.8) is 0 Å². The van der Waals surface area contributed by atoms with Crippen LogP contribution >= 0.6 is 11.3 Å². The standard InChI is InChI=1S/C17H20N4O2S/c1-11(2)16-18-12(10-24-16)8-20(3)15(22)9-21-14-7-5-4-6-13(14)19-17(21)23/h4-7,10-11H,8-9H2,1-3H3,(H,19,23). The van der Waals surface area contributed by atoms with Gasteiger partial charge in [-0.1, -0.05) is 26.0 Å². The molecule has 0 bridgehead atoms. The first-order chi connectivity index (χ1) is 11.5. The molecule has 0 fully saturated rings. The first-order valence-electron chi connectivity index (χ1n) is 7.81. The highest BCUT2D eigenvalue weighted by Crippen LogP contribution is 2.20. The van der Waals surface area contributed by atoms with E-state index in [9.17, 15) is 9.59 Å². The van der Waals surface area contributed by atoms with Crippen molar-refractivity contribution < 1.29 is 4.79 Å². The topological polar surface area (TPSA) is 71.0 Å². The normalized spacial score (nSPS) is 11.3. The van der Waals surface area contributed by atoms with Crippen LogP contribution in [0.5, 0.6) is 0 Å². The molecule has 1 aromatic carbocycles. The zero-order valence-electron chi connectivity index (χ0n) is 13.9. The molecular weight excluding hydrogens is 324 g/mol. The number of thiazole rings is 1. The maximum Gasteiger partial charge on any atom is 0.326 e. The highest BCUT2D eigenvalue weighted by Gasteiger charge is 2.15. The van der Waals surface area contributed by atoms with Crippen molar-refractivity contribution in [2.24, 2.45) is 0 Å². The molecular formula is C17H20N4O2S. The van der Waals surface area contributed by atoms with E-state index in [-0.39, 0.29) is 18.1 Å². The van der Waals surface area contributed by atoms with Crippen molar-refractivity contribution in [2.45, 2.75) is 32.9 Å². The fourth-order valence-electron chi connectivity index (χ4n) is 2.51. The minimum atomic E-state index is -0.270. The molecule has 0 unspecified atom stereocenters. The van der Waals surface area contributed by atoms with E-state index in [4.69, 9.17) is 0 Å². The highest BCUT2D eigenvalue weighted by atomic mass is 32.1. The number of nitrogens with one attached hydrogen (secondary N) is 1. The molecule has 0 spiro atoms. The number of aromatic nitrogens is 3. The van der Waals surface area contributed by atoms with E-state index in [2.05, 4.69) is 23.8 Å². The van der Waals surface area contributed by atoms with E-state index in [1.165, 1.54) is 4.57 Å². The van der Waals surface area contributed by atoms with Crippen molar-refractivity contribution in [3.05, 3.63) is 50.8 Å². The van der Waals surface area contributed by atoms with Gasteiger partial charge >= 0.3 is 5.69 Å². The molecule has 0 atom stereocenters. The number of benzene rings is 1. The lowest BCUT2D eigenvalue weighted by molar-refractivity contribution is -0.131. The van der Waals surface area contributed by atoms with Gasteiger partial charge in [0, 0.05) is 18.3 Å². The van der Waals surface area contributed by atoms with Crippen LogP contribution in [0.25, 0.3) is 11.0 Å². The van der Waals surface area contributed by atoms with Crippen molar-refractivity contribution in [3.8, 4) is 0 Å². The molecule has 0 saturated heterocycles. The average molecular weight is 344 g/mol. The van der Waals surface area contributed by atoms with Gasteiger partial charge in [0.15, 0.2) is 0 Å². The van der Waals surface area contributed by atoms with Gasteiger partial charge in [-0.05, 0) is 12.1 Å². The smallest absolute Gasteiger partial charge is 0.326 e. The van der Waals surface area contributed by atoms with Gasteiger partial charge in [-0.25, -0.2) is 9.78 Å². The van der Waals surface area contributed by atoms with Crippen LogP contribution < -0.4 is 5.69 Å². The van der Waals surface area contributed by atoms with Crippen molar-refractivity contribution in [2.75, 3.05) is 7.05 Å². The molecule has 3 aromatic rings. The number of amides is 1. The molecule has 126 valence electrons. The van der Waals surface area contributed by atoms with Crippen LogP contribution in [0, 0.1) is 0 Å². The lowest BCUT2D eigenvalue weighted by atomic mass is 10.2. The second-order valence-corrected chi connectivity index (χ2v) is 7.00. The van der Waals surface area contributed by atoms with Gasteiger partial charge < -0.3 is 9.88 Å². The Kier molecular flexibility index (Phi) is 4.53. The Morgan fingerprint density at radius 2 is 2.12 bits per heavy atom. The Morgan fingerprint density at radius 1 is 1.38 bits per heavy atom. The summed E-state index contributed by atoms with van der Waals surface area (Å²) >= 11 is 1.61. The number of H-pyrrole nitrogens is 1. The summed E-state index contributed by atoms with van der Waals surface area (Å²) in [6.07, 6.45) is 0. The summed E-state index contributed by atoms with van der Waals surface area (Å²) in [5.74, 6) is 0.260. The predicted molar refractivity (Wildman–Crippen MR) is 95.2 cm³/mol. The van der Waals surface area contributed by atoms with E-state index >= 15 is 0 Å². The number of fused-ring (bicyclic) bond motifs is 1. The molecule has 0 aliphatic carbocycles. The van der Waals surface area contributed by atoms with Crippen LogP contribution in [0.2, 0.25) is 0 Å². The van der Waals surface area contributed by atoms with Gasteiger partial charge in [-0.3, -0.25) is 9.36 Å². The van der Waals surface area contributed by atoms with Crippen LogP contribution in [0.3, 0.4) is 0 Å². The largest absolute Gasteiger partial charge is 0.338 e. The van der Waals surface area contributed by atoms with Gasteiger partial charge in [-0.2, -0.15) is 0 Å². The number of rotatable bonds is 5. The fourth-order valence-corrected chi connectivity index (χ4v) is 3.34.